The van der Waals surface area contributed by atoms with Crippen molar-refractivity contribution in [3.63, 3.8) is 0 Å². The third-order valence-corrected chi connectivity index (χ3v) is 2.96. The monoisotopic (exact) mass is 284 g/mol. The van der Waals surface area contributed by atoms with Crippen LogP contribution in [0.1, 0.15) is 0 Å². The molecule has 3 rings (SSSR count). The fourth-order valence-electron chi connectivity index (χ4n) is 1.96. The van der Waals surface area contributed by atoms with Gasteiger partial charge < -0.3 is 4.74 Å². The highest BCUT2D eigenvalue weighted by Crippen LogP contribution is 2.31. The quantitative estimate of drug-likeness (QED) is 0.537. The second kappa shape index (κ2) is 5.16. The number of ether oxygens (including phenoxy) is 1. The summed E-state index contributed by atoms with van der Waals surface area (Å²) in [5, 5.41) is 11.3. The number of nitrogens with zero attached hydrogens (tertiary/aromatic N) is 2. The molecular weight excluding hydrogens is 275 g/mol. The average Bonchev–Trinajstić information content (AvgIpc) is 2.49. The number of halogens is 1. The lowest BCUT2D eigenvalue weighted by Crippen LogP contribution is -1.93. The minimum absolute atomic E-state index is 0.0723. The highest BCUT2D eigenvalue weighted by Gasteiger charge is 2.13. The Morgan fingerprint density at radius 1 is 1.10 bits per heavy atom. The molecule has 0 fully saturated rings. The predicted molar refractivity (Wildman–Crippen MR) is 74.9 cm³/mol. The topological polar surface area (TPSA) is 65.3 Å². The van der Waals surface area contributed by atoms with Gasteiger partial charge in [0.25, 0.3) is 5.69 Å². The zero-order valence-corrected chi connectivity index (χ0v) is 10.7. The Morgan fingerprint density at radius 2 is 1.90 bits per heavy atom. The molecule has 0 spiro atoms. The van der Waals surface area contributed by atoms with Gasteiger partial charge in [0.1, 0.15) is 5.75 Å². The van der Waals surface area contributed by atoms with Crippen molar-refractivity contribution in [2.24, 2.45) is 0 Å². The second-order valence-electron chi connectivity index (χ2n) is 4.30. The van der Waals surface area contributed by atoms with E-state index in [0.717, 1.165) is 17.0 Å². The number of pyridine rings is 1. The molecule has 0 amide bonds. The van der Waals surface area contributed by atoms with Crippen molar-refractivity contribution in [3.8, 4) is 11.5 Å². The summed E-state index contributed by atoms with van der Waals surface area (Å²) in [7, 11) is 0. The molecule has 21 heavy (non-hydrogen) atoms. The molecule has 0 saturated carbocycles. The van der Waals surface area contributed by atoms with Crippen molar-refractivity contribution in [2.75, 3.05) is 0 Å². The lowest BCUT2D eigenvalue weighted by Gasteiger charge is -2.09. The first-order valence-corrected chi connectivity index (χ1v) is 6.11. The Kier molecular flexibility index (Phi) is 3.19. The third kappa shape index (κ3) is 2.51. The van der Waals surface area contributed by atoms with Gasteiger partial charge in [0.05, 0.1) is 16.5 Å². The fourth-order valence-corrected chi connectivity index (χ4v) is 1.96. The molecule has 104 valence electrons. The summed E-state index contributed by atoms with van der Waals surface area (Å²) >= 11 is 0. The van der Waals surface area contributed by atoms with Crippen LogP contribution in [0.25, 0.3) is 10.9 Å². The maximum Gasteiger partial charge on any atom is 0.272 e. The largest absolute Gasteiger partial charge is 0.454 e. The normalized spacial score (nSPS) is 10.5. The van der Waals surface area contributed by atoms with Gasteiger partial charge >= 0.3 is 0 Å². The number of non-ortho nitro benzene ring substituents is 1. The Labute approximate surface area is 118 Å². The molecule has 0 aliphatic carbocycles. The van der Waals surface area contributed by atoms with Gasteiger partial charge in [-0.3, -0.25) is 15.1 Å². The van der Waals surface area contributed by atoms with Crippen molar-refractivity contribution in [2.45, 2.75) is 0 Å². The van der Waals surface area contributed by atoms with Gasteiger partial charge in [-0.25, -0.2) is 4.39 Å². The molecular formula is C15H9FN2O3. The first-order chi connectivity index (χ1) is 10.1. The molecule has 0 aliphatic heterocycles. The summed E-state index contributed by atoms with van der Waals surface area (Å²) in [5.74, 6) is -0.421. The van der Waals surface area contributed by atoms with Crippen LogP contribution in [0.2, 0.25) is 0 Å². The van der Waals surface area contributed by atoms with E-state index in [1.54, 1.807) is 18.3 Å². The molecule has 0 N–H and O–H groups in total. The zero-order valence-electron chi connectivity index (χ0n) is 10.7. The molecule has 0 bridgehead atoms. The minimum atomic E-state index is -0.787. The summed E-state index contributed by atoms with van der Waals surface area (Å²) in [6, 6.07) is 12.2. The summed E-state index contributed by atoms with van der Waals surface area (Å²) < 4.78 is 19.4. The zero-order chi connectivity index (χ0) is 14.8. The highest BCUT2D eigenvalue weighted by molar-refractivity contribution is 5.84. The third-order valence-electron chi connectivity index (χ3n) is 2.96. The second-order valence-corrected chi connectivity index (χ2v) is 4.30. The molecule has 0 unspecified atom stereocenters. The van der Waals surface area contributed by atoms with Crippen LogP contribution in [0.5, 0.6) is 11.5 Å². The number of nitro groups is 1. The van der Waals surface area contributed by atoms with Crippen LogP contribution < -0.4 is 4.74 Å². The van der Waals surface area contributed by atoms with E-state index in [1.807, 2.05) is 18.2 Å². The number of aromatic nitrogens is 1. The van der Waals surface area contributed by atoms with E-state index in [9.17, 15) is 14.5 Å². The maximum absolute atomic E-state index is 13.9. The molecule has 2 aromatic carbocycles. The number of rotatable bonds is 3. The van der Waals surface area contributed by atoms with Crippen LogP contribution in [0, 0.1) is 15.9 Å². The van der Waals surface area contributed by atoms with Crippen LogP contribution in [0.15, 0.2) is 54.7 Å². The average molecular weight is 284 g/mol. The smallest absolute Gasteiger partial charge is 0.272 e. The van der Waals surface area contributed by atoms with Gasteiger partial charge in [0.15, 0.2) is 11.6 Å². The van der Waals surface area contributed by atoms with Crippen LogP contribution >= 0.6 is 0 Å². The first-order valence-electron chi connectivity index (χ1n) is 6.11. The molecule has 0 aliphatic rings. The highest BCUT2D eigenvalue weighted by atomic mass is 19.1. The van der Waals surface area contributed by atoms with Crippen molar-refractivity contribution in [1.82, 2.24) is 4.98 Å². The lowest BCUT2D eigenvalue weighted by molar-refractivity contribution is -0.385. The van der Waals surface area contributed by atoms with Crippen molar-refractivity contribution < 1.29 is 14.1 Å². The molecule has 5 nitrogen and oxygen atoms in total. The Bertz CT molecular complexity index is 831. The number of para-hydroxylation sites is 1. The summed E-state index contributed by atoms with van der Waals surface area (Å²) in [6.45, 7) is 0. The number of hydrogen-bond donors (Lipinski definition) is 0. The van der Waals surface area contributed by atoms with E-state index in [1.165, 1.54) is 12.1 Å². The maximum atomic E-state index is 13.9. The first kappa shape index (κ1) is 13.0. The Morgan fingerprint density at radius 3 is 2.67 bits per heavy atom. The Hall–Kier alpha value is -3.02. The SMILES string of the molecule is O=[N+]([O-])c1ccc(Oc2ccnc3ccccc23)c(F)c1. The molecule has 0 saturated heterocycles. The van der Waals surface area contributed by atoms with E-state index in [2.05, 4.69) is 4.98 Å². The number of fused-ring (bicyclic) bond motifs is 1. The number of hydrogen-bond acceptors (Lipinski definition) is 4. The summed E-state index contributed by atoms with van der Waals surface area (Å²) in [4.78, 5) is 14.1. The summed E-state index contributed by atoms with van der Waals surface area (Å²) in [6.07, 6.45) is 1.56. The van der Waals surface area contributed by atoms with Gasteiger partial charge in [-0.15, -0.1) is 0 Å². The van der Waals surface area contributed by atoms with E-state index in [-0.39, 0.29) is 11.4 Å². The lowest BCUT2D eigenvalue weighted by atomic mass is 10.2. The van der Waals surface area contributed by atoms with Crippen LogP contribution in [0.4, 0.5) is 10.1 Å². The van der Waals surface area contributed by atoms with Crippen LogP contribution in [-0.2, 0) is 0 Å². The molecule has 6 heteroatoms. The van der Waals surface area contributed by atoms with Gasteiger partial charge in [0, 0.05) is 17.6 Å². The molecule has 1 aromatic heterocycles. The minimum Gasteiger partial charge on any atom is -0.454 e. The van der Waals surface area contributed by atoms with Crippen LogP contribution in [0.3, 0.4) is 0 Å². The molecule has 1 heterocycles. The van der Waals surface area contributed by atoms with E-state index >= 15 is 0 Å². The summed E-state index contributed by atoms with van der Waals surface area (Å²) in [5.41, 5.74) is 0.400. The van der Waals surface area contributed by atoms with E-state index in [0.29, 0.717) is 5.75 Å². The fraction of sp³-hybridized carbons (Fsp3) is 0. The van der Waals surface area contributed by atoms with Crippen molar-refractivity contribution in [3.05, 3.63) is 70.7 Å². The molecule has 3 aromatic rings. The molecule has 0 atom stereocenters. The number of benzene rings is 2. The van der Waals surface area contributed by atoms with Gasteiger partial charge in [-0.05, 0) is 24.3 Å². The van der Waals surface area contributed by atoms with Gasteiger partial charge in [0.2, 0.25) is 0 Å². The van der Waals surface area contributed by atoms with Gasteiger partial charge in [-0.2, -0.15) is 0 Å². The molecule has 0 radical (unpaired) electrons. The van der Waals surface area contributed by atoms with E-state index in [4.69, 9.17) is 4.74 Å². The van der Waals surface area contributed by atoms with Crippen molar-refractivity contribution >= 4 is 16.6 Å². The Balaban J connectivity index is 2.01. The van der Waals surface area contributed by atoms with E-state index < -0.39 is 10.7 Å². The number of nitro benzene ring substituents is 1. The van der Waals surface area contributed by atoms with Gasteiger partial charge in [-0.1, -0.05) is 12.1 Å². The van der Waals surface area contributed by atoms with Crippen LogP contribution in [-0.4, -0.2) is 9.91 Å². The standard InChI is InChI=1S/C15H9FN2O3/c16-12-9-10(18(19)20)5-6-15(12)21-14-7-8-17-13-4-2-1-3-11(13)14/h1-9H. The predicted octanol–water partition coefficient (Wildman–Crippen LogP) is 4.07. The van der Waals surface area contributed by atoms with Crippen molar-refractivity contribution in [1.29, 1.82) is 0 Å².